The molecule has 7 heteroatoms. The second-order valence-electron chi connectivity index (χ2n) is 8.22. The summed E-state index contributed by atoms with van der Waals surface area (Å²) in [5, 5.41) is 3.23. The summed E-state index contributed by atoms with van der Waals surface area (Å²) in [6.45, 7) is 8.47. The van der Waals surface area contributed by atoms with Crippen LogP contribution in [-0.2, 0) is 6.42 Å². The SMILES string of the molecule is COc1ccc([C@@H](NC(=O)N2CCN(CCc3ccncc3)CC2)C(C)C)cc1OC. The zero-order valence-corrected chi connectivity index (χ0v) is 19.0. The Labute approximate surface area is 185 Å². The van der Waals surface area contributed by atoms with Gasteiger partial charge in [-0.05, 0) is 47.7 Å². The molecule has 2 amide bonds. The number of hydrogen-bond donors (Lipinski definition) is 1. The summed E-state index contributed by atoms with van der Waals surface area (Å²) < 4.78 is 10.8. The molecule has 1 aliphatic rings. The van der Waals surface area contributed by atoms with Crippen LogP contribution >= 0.6 is 0 Å². The Morgan fingerprint density at radius 2 is 1.71 bits per heavy atom. The first kappa shape index (κ1) is 22.9. The van der Waals surface area contributed by atoms with Gasteiger partial charge in [0.05, 0.1) is 20.3 Å². The number of aromatic nitrogens is 1. The van der Waals surface area contributed by atoms with E-state index in [9.17, 15) is 4.79 Å². The van der Waals surface area contributed by atoms with E-state index in [4.69, 9.17) is 9.47 Å². The topological polar surface area (TPSA) is 66.9 Å². The van der Waals surface area contributed by atoms with Gasteiger partial charge < -0.3 is 19.7 Å². The lowest BCUT2D eigenvalue weighted by Gasteiger charge is -2.36. The molecule has 0 bridgehead atoms. The smallest absolute Gasteiger partial charge is 0.317 e. The molecular formula is C24H34N4O3. The van der Waals surface area contributed by atoms with Crippen molar-refractivity contribution in [3.8, 4) is 11.5 Å². The van der Waals surface area contributed by atoms with Crippen molar-refractivity contribution in [2.24, 2.45) is 5.92 Å². The molecule has 0 radical (unpaired) electrons. The Morgan fingerprint density at radius 3 is 2.32 bits per heavy atom. The molecule has 1 N–H and O–H groups in total. The van der Waals surface area contributed by atoms with Crippen LogP contribution in [0.25, 0.3) is 0 Å². The van der Waals surface area contributed by atoms with Crippen LogP contribution in [0.15, 0.2) is 42.7 Å². The maximum Gasteiger partial charge on any atom is 0.317 e. The fraction of sp³-hybridized carbons (Fsp3) is 0.500. The van der Waals surface area contributed by atoms with E-state index in [2.05, 4.69) is 41.2 Å². The summed E-state index contributed by atoms with van der Waals surface area (Å²) in [7, 11) is 3.24. The average molecular weight is 427 g/mol. The average Bonchev–Trinajstić information content (AvgIpc) is 2.81. The van der Waals surface area contributed by atoms with Crippen LogP contribution < -0.4 is 14.8 Å². The summed E-state index contributed by atoms with van der Waals surface area (Å²) in [5.74, 6) is 1.59. The van der Waals surface area contributed by atoms with Gasteiger partial charge in [0, 0.05) is 45.1 Å². The molecule has 0 aliphatic carbocycles. The number of pyridine rings is 1. The minimum absolute atomic E-state index is 0.0118. The minimum atomic E-state index is -0.1000. The maximum atomic E-state index is 13.0. The van der Waals surface area contributed by atoms with Crippen LogP contribution in [0.1, 0.15) is 31.0 Å². The molecule has 1 saturated heterocycles. The van der Waals surface area contributed by atoms with E-state index >= 15 is 0 Å². The molecule has 1 aliphatic heterocycles. The van der Waals surface area contributed by atoms with Crippen molar-refractivity contribution in [1.82, 2.24) is 20.1 Å². The summed E-state index contributed by atoms with van der Waals surface area (Å²) in [4.78, 5) is 21.4. The van der Waals surface area contributed by atoms with Gasteiger partial charge in [-0.2, -0.15) is 0 Å². The fourth-order valence-corrected chi connectivity index (χ4v) is 3.92. The lowest BCUT2D eigenvalue weighted by Crippen LogP contribution is -2.52. The van der Waals surface area contributed by atoms with Crippen LogP contribution in [0.4, 0.5) is 4.79 Å². The number of urea groups is 1. The summed E-state index contributed by atoms with van der Waals surface area (Å²) >= 11 is 0. The standard InChI is InChI=1S/C24H34N4O3/c1-18(2)23(20-5-6-21(30-3)22(17-20)31-4)26-24(29)28-15-13-27(14-16-28)12-9-19-7-10-25-11-8-19/h5-8,10-11,17-18,23H,9,12-16H2,1-4H3,(H,26,29)/t23-/m0/s1. The number of hydrogen-bond acceptors (Lipinski definition) is 5. The largest absolute Gasteiger partial charge is 0.493 e. The number of rotatable bonds is 8. The molecule has 0 unspecified atom stereocenters. The summed E-state index contributed by atoms with van der Waals surface area (Å²) in [6, 6.07) is 9.83. The Bertz CT molecular complexity index is 836. The van der Waals surface area contributed by atoms with Crippen molar-refractivity contribution in [3.63, 3.8) is 0 Å². The van der Waals surface area contributed by atoms with Crippen LogP contribution in [-0.4, -0.2) is 67.8 Å². The number of ether oxygens (including phenoxy) is 2. The third-order valence-electron chi connectivity index (χ3n) is 5.84. The highest BCUT2D eigenvalue weighted by atomic mass is 16.5. The van der Waals surface area contributed by atoms with E-state index in [-0.39, 0.29) is 18.0 Å². The van der Waals surface area contributed by atoms with Gasteiger partial charge in [-0.1, -0.05) is 19.9 Å². The highest BCUT2D eigenvalue weighted by Crippen LogP contribution is 2.32. The van der Waals surface area contributed by atoms with Crippen LogP contribution in [0.3, 0.4) is 0 Å². The van der Waals surface area contributed by atoms with E-state index in [1.807, 2.05) is 35.5 Å². The van der Waals surface area contributed by atoms with E-state index in [1.54, 1.807) is 14.2 Å². The molecule has 3 rings (SSSR count). The molecular weight excluding hydrogens is 392 g/mol. The van der Waals surface area contributed by atoms with Gasteiger partial charge in [0.1, 0.15) is 0 Å². The highest BCUT2D eigenvalue weighted by molar-refractivity contribution is 5.75. The Kier molecular flexibility index (Phi) is 8.12. The summed E-state index contributed by atoms with van der Waals surface area (Å²) in [5.41, 5.74) is 2.31. The number of piperazine rings is 1. The first-order chi connectivity index (χ1) is 15.0. The van der Waals surface area contributed by atoms with E-state index in [0.717, 1.165) is 44.7 Å². The van der Waals surface area contributed by atoms with Crippen molar-refractivity contribution in [1.29, 1.82) is 0 Å². The van der Waals surface area contributed by atoms with Gasteiger partial charge in [0.15, 0.2) is 11.5 Å². The predicted molar refractivity (Wildman–Crippen MR) is 122 cm³/mol. The molecule has 168 valence electrons. The van der Waals surface area contributed by atoms with Gasteiger partial charge in [0.2, 0.25) is 0 Å². The third kappa shape index (κ3) is 6.10. The molecule has 2 heterocycles. The lowest BCUT2D eigenvalue weighted by molar-refractivity contribution is 0.136. The zero-order chi connectivity index (χ0) is 22.2. The zero-order valence-electron chi connectivity index (χ0n) is 19.0. The number of methoxy groups -OCH3 is 2. The van der Waals surface area contributed by atoms with Gasteiger partial charge in [-0.3, -0.25) is 9.88 Å². The minimum Gasteiger partial charge on any atom is -0.493 e. The highest BCUT2D eigenvalue weighted by Gasteiger charge is 2.25. The molecule has 2 aromatic rings. The van der Waals surface area contributed by atoms with Crippen molar-refractivity contribution >= 4 is 6.03 Å². The Balaban J connectivity index is 1.55. The number of nitrogens with zero attached hydrogens (tertiary/aromatic N) is 3. The molecule has 0 saturated carbocycles. The normalized spacial score (nSPS) is 15.6. The quantitative estimate of drug-likeness (QED) is 0.701. The van der Waals surface area contributed by atoms with Crippen molar-refractivity contribution in [3.05, 3.63) is 53.9 Å². The number of carbonyl (C=O) groups is 1. The Hall–Kier alpha value is -2.80. The second-order valence-corrected chi connectivity index (χ2v) is 8.22. The molecule has 31 heavy (non-hydrogen) atoms. The first-order valence-electron chi connectivity index (χ1n) is 10.9. The number of carbonyl (C=O) groups excluding carboxylic acids is 1. The van der Waals surface area contributed by atoms with E-state index < -0.39 is 0 Å². The molecule has 1 aromatic carbocycles. The lowest BCUT2D eigenvalue weighted by atomic mass is 9.95. The predicted octanol–water partition coefficient (Wildman–Crippen LogP) is 3.37. The van der Waals surface area contributed by atoms with Crippen LogP contribution in [0, 0.1) is 5.92 Å². The van der Waals surface area contributed by atoms with Crippen molar-refractivity contribution in [2.75, 3.05) is 46.9 Å². The third-order valence-corrected chi connectivity index (χ3v) is 5.84. The van der Waals surface area contributed by atoms with Gasteiger partial charge in [-0.25, -0.2) is 4.79 Å². The molecule has 7 nitrogen and oxygen atoms in total. The van der Waals surface area contributed by atoms with Crippen molar-refractivity contribution < 1.29 is 14.3 Å². The van der Waals surface area contributed by atoms with Crippen molar-refractivity contribution in [2.45, 2.75) is 26.3 Å². The maximum absolute atomic E-state index is 13.0. The van der Waals surface area contributed by atoms with Crippen LogP contribution in [0.2, 0.25) is 0 Å². The fourth-order valence-electron chi connectivity index (χ4n) is 3.92. The summed E-state index contributed by atoms with van der Waals surface area (Å²) in [6.07, 6.45) is 4.67. The van der Waals surface area contributed by atoms with E-state index in [1.165, 1.54) is 5.56 Å². The molecule has 0 spiro atoms. The second kappa shape index (κ2) is 11.0. The number of benzene rings is 1. The molecule has 1 fully saturated rings. The van der Waals surface area contributed by atoms with Gasteiger partial charge in [0.25, 0.3) is 0 Å². The monoisotopic (exact) mass is 426 g/mol. The number of nitrogens with one attached hydrogen (secondary N) is 1. The molecule has 1 aromatic heterocycles. The van der Waals surface area contributed by atoms with Crippen LogP contribution in [0.5, 0.6) is 11.5 Å². The molecule has 1 atom stereocenters. The Morgan fingerprint density at radius 1 is 1.03 bits per heavy atom. The number of amides is 2. The van der Waals surface area contributed by atoms with Gasteiger partial charge >= 0.3 is 6.03 Å². The first-order valence-corrected chi connectivity index (χ1v) is 10.9. The van der Waals surface area contributed by atoms with E-state index in [0.29, 0.717) is 11.5 Å². The van der Waals surface area contributed by atoms with Gasteiger partial charge in [-0.15, -0.1) is 0 Å².